The molecule has 1 unspecified atom stereocenters. The molecule has 1 atom stereocenters. The van der Waals surface area contributed by atoms with E-state index in [0.29, 0.717) is 30.5 Å². The molecule has 0 saturated carbocycles. The number of amides is 1. The maximum absolute atomic E-state index is 14.1. The van der Waals surface area contributed by atoms with Gasteiger partial charge in [-0.15, -0.1) is 0 Å². The first-order valence-electron chi connectivity index (χ1n) is 14.5. The number of carbonyl (C=O) groups is 1. The molecule has 2 aromatic heterocycles. The molecule has 1 amide bonds. The number of benzene rings is 1. The van der Waals surface area contributed by atoms with Gasteiger partial charge in [-0.2, -0.15) is 9.61 Å². The molecule has 9 nitrogen and oxygen atoms in total. The van der Waals surface area contributed by atoms with Crippen LogP contribution in [0.3, 0.4) is 0 Å². The van der Waals surface area contributed by atoms with E-state index in [1.165, 1.54) is 6.42 Å². The van der Waals surface area contributed by atoms with Crippen molar-refractivity contribution in [1.82, 2.24) is 24.4 Å². The van der Waals surface area contributed by atoms with Gasteiger partial charge in [-0.05, 0) is 58.6 Å². The van der Waals surface area contributed by atoms with Crippen LogP contribution in [0.4, 0.5) is 11.6 Å². The number of aryl methyl sites for hydroxylation is 1. The molecule has 0 N–H and O–H groups in total. The highest BCUT2D eigenvalue weighted by atomic mass is 16.5. The fourth-order valence-corrected chi connectivity index (χ4v) is 5.97. The molecule has 2 saturated heterocycles. The van der Waals surface area contributed by atoms with Crippen LogP contribution in [0, 0.1) is 6.92 Å². The zero-order chi connectivity index (χ0) is 27.1. The summed E-state index contributed by atoms with van der Waals surface area (Å²) in [7, 11) is 2.14. The van der Waals surface area contributed by atoms with Crippen LogP contribution in [-0.2, 0) is 0 Å². The number of anilines is 2. The summed E-state index contributed by atoms with van der Waals surface area (Å²) in [5, 5.41) is 5.12. The Kier molecular flexibility index (Phi) is 7.10. The third-order valence-electron chi connectivity index (χ3n) is 8.54. The number of piperidine rings is 1. The van der Waals surface area contributed by atoms with Crippen LogP contribution >= 0.6 is 0 Å². The SMILES string of the molecule is Cc1ccc2c(c1)C(=O)N1CCCCC1c1cc3nc(N4CCC4)cc(n3n1)N(C)CCN(C(C)C)CCO2. The summed E-state index contributed by atoms with van der Waals surface area (Å²) in [6.07, 6.45) is 4.16. The molecular formula is C30H41N7O2. The molecule has 2 bridgehead atoms. The second-order valence-electron chi connectivity index (χ2n) is 11.6. The van der Waals surface area contributed by atoms with E-state index in [4.69, 9.17) is 14.8 Å². The van der Waals surface area contributed by atoms with E-state index < -0.39 is 0 Å². The minimum atomic E-state index is -0.0868. The molecule has 3 aromatic rings. The smallest absolute Gasteiger partial charge is 0.258 e. The van der Waals surface area contributed by atoms with Gasteiger partial charge in [-0.3, -0.25) is 9.69 Å². The Balaban J connectivity index is 1.47. The van der Waals surface area contributed by atoms with Gasteiger partial charge in [0.25, 0.3) is 5.91 Å². The largest absolute Gasteiger partial charge is 0.491 e. The summed E-state index contributed by atoms with van der Waals surface area (Å²) >= 11 is 0. The van der Waals surface area contributed by atoms with Gasteiger partial charge in [0.05, 0.1) is 17.3 Å². The maximum Gasteiger partial charge on any atom is 0.258 e. The van der Waals surface area contributed by atoms with Crippen LogP contribution in [0.15, 0.2) is 30.3 Å². The van der Waals surface area contributed by atoms with Crippen molar-refractivity contribution >= 4 is 23.2 Å². The average molecular weight is 532 g/mol. The number of ether oxygens (including phenoxy) is 1. The molecule has 2 fully saturated rings. The van der Waals surface area contributed by atoms with Gasteiger partial charge < -0.3 is 19.4 Å². The fourth-order valence-electron chi connectivity index (χ4n) is 5.97. The molecule has 3 aliphatic rings. The normalized spacial score (nSPS) is 21.2. The van der Waals surface area contributed by atoms with Crippen molar-refractivity contribution in [1.29, 1.82) is 0 Å². The van der Waals surface area contributed by atoms with Crippen LogP contribution in [0.5, 0.6) is 5.75 Å². The lowest BCUT2D eigenvalue weighted by molar-refractivity contribution is 0.0600. The van der Waals surface area contributed by atoms with E-state index in [9.17, 15) is 4.79 Å². The van der Waals surface area contributed by atoms with Gasteiger partial charge in [0, 0.05) is 64.5 Å². The fraction of sp³-hybridized carbons (Fsp3) is 0.567. The summed E-state index contributed by atoms with van der Waals surface area (Å²) < 4.78 is 8.29. The summed E-state index contributed by atoms with van der Waals surface area (Å²) in [5.41, 5.74) is 3.46. The van der Waals surface area contributed by atoms with Crippen molar-refractivity contribution < 1.29 is 9.53 Å². The maximum atomic E-state index is 14.1. The molecule has 208 valence electrons. The Morgan fingerprint density at radius 3 is 2.59 bits per heavy atom. The lowest BCUT2D eigenvalue weighted by atomic mass is 9.97. The number of fused-ring (bicyclic) bond motifs is 4. The quantitative estimate of drug-likeness (QED) is 0.492. The van der Waals surface area contributed by atoms with E-state index in [-0.39, 0.29) is 11.9 Å². The molecule has 5 heterocycles. The van der Waals surface area contributed by atoms with Gasteiger partial charge in [0.2, 0.25) is 0 Å². The minimum absolute atomic E-state index is 0.0230. The molecule has 0 spiro atoms. The summed E-state index contributed by atoms with van der Waals surface area (Å²) in [6.45, 7) is 12.3. The van der Waals surface area contributed by atoms with Crippen LogP contribution in [0.25, 0.3) is 5.65 Å². The molecule has 0 aliphatic carbocycles. The highest BCUT2D eigenvalue weighted by molar-refractivity contribution is 5.97. The number of likely N-dealkylation sites (N-methyl/N-ethyl adjacent to an activating group) is 1. The van der Waals surface area contributed by atoms with E-state index >= 15 is 0 Å². The molecule has 0 radical (unpaired) electrons. The third kappa shape index (κ3) is 5.04. The topological polar surface area (TPSA) is 69.5 Å². The number of aromatic nitrogens is 3. The van der Waals surface area contributed by atoms with Crippen LogP contribution < -0.4 is 14.5 Å². The lowest BCUT2D eigenvalue weighted by Gasteiger charge is -2.35. The Bertz CT molecular complexity index is 1350. The van der Waals surface area contributed by atoms with Gasteiger partial charge in [0.15, 0.2) is 5.65 Å². The molecule has 6 rings (SSSR count). The molecular weight excluding hydrogens is 490 g/mol. The van der Waals surface area contributed by atoms with Crippen molar-refractivity contribution in [3.05, 3.63) is 47.2 Å². The first kappa shape index (κ1) is 25.9. The number of hydrogen-bond acceptors (Lipinski definition) is 7. The predicted octanol–water partition coefficient (Wildman–Crippen LogP) is 4.15. The standard InChI is InChI=1S/C30H41N7O2/c1-21(2)34-15-14-33(4)29-20-27(35-11-7-12-35)31-28-19-24(32-37(28)29)25-8-5-6-13-36(25)30(38)23-18-22(3)9-10-26(23)39-17-16-34/h9-10,18-21,25H,5-8,11-17H2,1-4H3. The number of carbonyl (C=O) groups excluding carboxylic acids is 1. The van der Waals surface area contributed by atoms with Crippen LogP contribution in [0.2, 0.25) is 0 Å². The summed E-state index contributed by atoms with van der Waals surface area (Å²) in [5.74, 6) is 2.74. The zero-order valence-corrected chi connectivity index (χ0v) is 23.8. The first-order valence-corrected chi connectivity index (χ1v) is 14.5. The van der Waals surface area contributed by atoms with Gasteiger partial charge >= 0.3 is 0 Å². The highest BCUT2D eigenvalue weighted by Crippen LogP contribution is 2.35. The zero-order valence-electron chi connectivity index (χ0n) is 23.8. The number of rotatable bonds is 2. The van der Waals surface area contributed by atoms with Gasteiger partial charge in [-0.1, -0.05) is 11.6 Å². The van der Waals surface area contributed by atoms with E-state index in [1.54, 1.807) is 0 Å². The Hall–Kier alpha value is -3.33. The monoisotopic (exact) mass is 531 g/mol. The first-order chi connectivity index (χ1) is 18.9. The minimum Gasteiger partial charge on any atom is -0.491 e. The summed E-state index contributed by atoms with van der Waals surface area (Å²) in [6, 6.07) is 10.5. The van der Waals surface area contributed by atoms with Crippen molar-refractivity contribution in [3.63, 3.8) is 0 Å². The van der Waals surface area contributed by atoms with E-state index in [0.717, 1.165) is 80.5 Å². The third-order valence-corrected chi connectivity index (χ3v) is 8.54. The summed E-state index contributed by atoms with van der Waals surface area (Å²) in [4.78, 5) is 28.2. The van der Waals surface area contributed by atoms with Crippen molar-refractivity contribution in [2.24, 2.45) is 0 Å². The second kappa shape index (κ2) is 10.7. The Morgan fingerprint density at radius 2 is 1.82 bits per heavy atom. The Morgan fingerprint density at radius 1 is 0.974 bits per heavy atom. The highest BCUT2D eigenvalue weighted by Gasteiger charge is 2.33. The average Bonchev–Trinajstić information content (AvgIpc) is 3.32. The van der Waals surface area contributed by atoms with Crippen molar-refractivity contribution in [2.75, 3.05) is 62.7 Å². The van der Waals surface area contributed by atoms with Crippen molar-refractivity contribution in [3.8, 4) is 5.75 Å². The van der Waals surface area contributed by atoms with Gasteiger partial charge in [-0.25, -0.2) is 4.98 Å². The second-order valence-corrected chi connectivity index (χ2v) is 11.6. The van der Waals surface area contributed by atoms with E-state index in [2.05, 4.69) is 47.7 Å². The molecule has 9 heteroatoms. The van der Waals surface area contributed by atoms with E-state index in [1.807, 2.05) is 34.5 Å². The van der Waals surface area contributed by atoms with Gasteiger partial charge in [0.1, 0.15) is 24.0 Å². The van der Waals surface area contributed by atoms with Crippen LogP contribution in [0.1, 0.15) is 67.2 Å². The lowest BCUT2D eigenvalue weighted by Crippen LogP contribution is -2.41. The predicted molar refractivity (Wildman–Crippen MR) is 154 cm³/mol. The molecule has 1 aromatic carbocycles. The van der Waals surface area contributed by atoms with Crippen molar-refractivity contribution in [2.45, 2.75) is 58.5 Å². The molecule has 39 heavy (non-hydrogen) atoms. The number of hydrogen-bond donors (Lipinski definition) is 0. The Labute approximate surface area is 231 Å². The molecule has 3 aliphatic heterocycles. The van der Waals surface area contributed by atoms with Crippen LogP contribution in [-0.4, -0.2) is 89.3 Å². The number of nitrogens with zero attached hydrogens (tertiary/aromatic N) is 7.